The number of aryl methyl sites for hydroxylation is 1. The number of carbonyl (C=O) groups excluding carboxylic acids is 1. The van der Waals surface area contributed by atoms with Gasteiger partial charge in [0, 0.05) is 13.1 Å². The molecule has 2 aromatic carbocycles. The number of benzene rings is 2. The smallest absolute Gasteiger partial charge is 0.264 e. The van der Waals surface area contributed by atoms with Gasteiger partial charge in [0.05, 0.1) is 15.6 Å². The van der Waals surface area contributed by atoms with E-state index in [4.69, 9.17) is 16.3 Å². The number of sulfonamides is 1. The van der Waals surface area contributed by atoms with Crippen LogP contribution in [0, 0.1) is 0 Å². The van der Waals surface area contributed by atoms with Gasteiger partial charge in [0.25, 0.3) is 15.9 Å². The van der Waals surface area contributed by atoms with E-state index in [1.54, 1.807) is 0 Å². The third-order valence-electron chi connectivity index (χ3n) is 5.02. The quantitative estimate of drug-likeness (QED) is 0.582. The Labute approximate surface area is 183 Å². The standard InChI is InChI=1S/C22H27ClN2O4S/c1-2-3-6-13-24-22(26)16-29-21-12-11-18(15-19(21)23)30(27,28)25-14-7-9-17-8-4-5-10-20(17)25/h4-5,8,10-12,15H,2-3,6-7,9,13-14,16H2,1H3,(H,24,26). The van der Waals surface area contributed by atoms with E-state index >= 15 is 0 Å². The normalized spacial score (nSPS) is 13.6. The van der Waals surface area contributed by atoms with Crippen LogP contribution in [0.4, 0.5) is 5.69 Å². The SMILES string of the molecule is CCCCCNC(=O)COc1ccc(S(=O)(=O)N2CCCc3ccccc32)cc1Cl. The molecule has 1 aliphatic heterocycles. The average molecular weight is 451 g/mol. The number of nitrogens with one attached hydrogen (secondary N) is 1. The van der Waals surface area contributed by atoms with Gasteiger partial charge in [0.1, 0.15) is 5.75 Å². The first kappa shape index (κ1) is 22.4. The Morgan fingerprint density at radius 1 is 1.20 bits per heavy atom. The predicted molar refractivity (Wildman–Crippen MR) is 119 cm³/mol. The highest BCUT2D eigenvalue weighted by Crippen LogP contribution is 2.34. The molecule has 162 valence electrons. The molecule has 0 atom stereocenters. The molecule has 0 bridgehead atoms. The molecule has 0 saturated carbocycles. The molecular weight excluding hydrogens is 424 g/mol. The molecule has 0 fully saturated rings. The van der Waals surface area contributed by atoms with Gasteiger partial charge < -0.3 is 10.1 Å². The van der Waals surface area contributed by atoms with Crippen LogP contribution in [0.1, 0.15) is 38.2 Å². The maximum Gasteiger partial charge on any atom is 0.264 e. The van der Waals surface area contributed by atoms with Gasteiger partial charge in [-0.2, -0.15) is 0 Å². The number of hydrogen-bond donors (Lipinski definition) is 1. The summed E-state index contributed by atoms with van der Waals surface area (Å²) in [5.74, 6) is 0.0437. The minimum absolute atomic E-state index is 0.0978. The molecular formula is C22H27ClN2O4S. The Hall–Kier alpha value is -2.25. The summed E-state index contributed by atoms with van der Waals surface area (Å²) in [5.41, 5.74) is 1.73. The molecule has 0 spiro atoms. The molecule has 1 amide bonds. The molecule has 30 heavy (non-hydrogen) atoms. The molecule has 2 aromatic rings. The summed E-state index contributed by atoms with van der Waals surface area (Å²) in [6.45, 7) is 2.96. The lowest BCUT2D eigenvalue weighted by atomic mass is 10.0. The van der Waals surface area contributed by atoms with Crippen molar-refractivity contribution in [3.05, 3.63) is 53.1 Å². The van der Waals surface area contributed by atoms with E-state index in [9.17, 15) is 13.2 Å². The van der Waals surface area contributed by atoms with Crippen LogP contribution in [0.25, 0.3) is 0 Å². The molecule has 0 unspecified atom stereocenters. The number of nitrogens with zero attached hydrogens (tertiary/aromatic N) is 1. The summed E-state index contributed by atoms with van der Waals surface area (Å²) < 4.78 is 33.3. The Morgan fingerprint density at radius 2 is 2.00 bits per heavy atom. The number of para-hydroxylation sites is 1. The van der Waals surface area contributed by atoms with Gasteiger partial charge in [-0.25, -0.2) is 8.42 Å². The van der Waals surface area contributed by atoms with Gasteiger partial charge in [-0.3, -0.25) is 9.10 Å². The van der Waals surface area contributed by atoms with Crippen molar-refractivity contribution < 1.29 is 17.9 Å². The number of ether oxygens (including phenoxy) is 1. The minimum atomic E-state index is -3.75. The van der Waals surface area contributed by atoms with Crippen molar-refractivity contribution in [3.8, 4) is 5.75 Å². The van der Waals surface area contributed by atoms with Gasteiger partial charge in [0.2, 0.25) is 0 Å². The lowest BCUT2D eigenvalue weighted by Crippen LogP contribution is -2.35. The van der Waals surface area contributed by atoms with E-state index in [1.807, 2.05) is 24.3 Å². The first-order valence-electron chi connectivity index (χ1n) is 10.2. The van der Waals surface area contributed by atoms with E-state index in [1.165, 1.54) is 22.5 Å². The number of fused-ring (bicyclic) bond motifs is 1. The van der Waals surface area contributed by atoms with Gasteiger partial charge in [-0.1, -0.05) is 49.6 Å². The van der Waals surface area contributed by atoms with Crippen molar-refractivity contribution in [1.82, 2.24) is 5.32 Å². The highest BCUT2D eigenvalue weighted by Gasteiger charge is 2.29. The Kier molecular flexibility index (Phi) is 7.61. The number of halogens is 1. The van der Waals surface area contributed by atoms with E-state index in [0.717, 1.165) is 37.7 Å². The maximum atomic E-state index is 13.2. The van der Waals surface area contributed by atoms with E-state index in [-0.39, 0.29) is 28.2 Å². The largest absolute Gasteiger partial charge is 0.482 e. The predicted octanol–water partition coefficient (Wildman–Crippen LogP) is 4.17. The van der Waals surface area contributed by atoms with Crippen LogP contribution in [0.2, 0.25) is 5.02 Å². The number of amides is 1. The Balaban J connectivity index is 1.68. The fourth-order valence-corrected chi connectivity index (χ4v) is 5.30. The summed E-state index contributed by atoms with van der Waals surface area (Å²) in [7, 11) is -3.75. The Morgan fingerprint density at radius 3 is 2.77 bits per heavy atom. The zero-order valence-electron chi connectivity index (χ0n) is 17.1. The molecule has 0 radical (unpaired) electrons. The molecule has 1 N–H and O–H groups in total. The summed E-state index contributed by atoms with van der Waals surface area (Å²) in [4.78, 5) is 12.0. The third kappa shape index (κ3) is 5.26. The van der Waals surface area contributed by atoms with E-state index in [0.29, 0.717) is 18.8 Å². The zero-order valence-corrected chi connectivity index (χ0v) is 18.6. The van der Waals surface area contributed by atoms with Crippen molar-refractivity contribution >= 4 is 33.2 Å². The third-order valence-corrected chi connectivity index (χ3v) is 7.12. The summed E-state index contributed by atoms with van der Waals surface area (Å²) in [5, 5.41) is 2.94. The molecule has 3 rings (SSSR count). The topological polar surface area (TPSA) is 75.7 Å². The second-order valence-electron chi connectivity index (χ2n) is 7.25. The van der Waals surface area contributed by atoms with E-state index < -0.39 is 10.0 Å². The Bertz CT molecular complexity index is 994. The van der Waals surface area contributed by atoms with Crippen LogP contribution in [-0.4, -0.2) is 34.0 Å². The molecule has 6 nitrogen and oxygen atoms in total. The number of carbonyl (C=O) groups is 1. The molecule has 0 saturated heterocycles. The molecule has 0 aromatic heterocycles. The van der Waals surface area contributed by atoms with Crippen molar-refractivity contribution in [2.45, 2.75) is 43.9 Å². The number of unbranched alkanes of at least 4 members (excludes halogenated alkanes) is 2. The van der Waals surface area contributed by atoms with Gasteiger partial charge in [-0.15, -0.1) is 0 Å². The molecule has 1 heterocycles. The van der Waals surface area contributed by atoms with Crippen LogP contribution < -0.4 is 14.4 Å². The highest BCUT2D eigenvalue weighted by molar-refractivity contribution is 7.92. The maximum absolute atomic E-state index is 13.2. The van der Waals surface area contributed by atoms with Crippen LogP contribution in [0.3, 0.4) is 0 Å². The fourth-order valence-electron chi connectivity index (χ4n) is 3.43. The summed E-state index contributed by atoms with van der Waals surface area (Å²) in [6.07, 6.45) is 4.69. The first-order chi connectivity index (χ1) is 14.4. The first-order valence-corrected chi connectivity index (χ1v) is 12.0. The average Bonchev–Trinajstić information content (AvgIpc) is 2.75. The highest BCUT2D eigenvalue weighted by atomic mass is 35.5. The molecule has 0 aliphatic carbocycles. The van der Waals surface area contributed by atoms with Gasteiger partial charge >= 0.3 is 0 Å². The summed E-state index contributed by atoms with van der Waals surface area (Å²) >= 11 is 6.26. The van der Waals surface area contributed by atoms with Crippen LogP contribution in [0.5, 0.6) is 5.75 Å². The number of hydrogen-bond acceptors (Lipinski definition) is 4. The van der Waals surface area contributed by atoms with Crippen LogP contribution in [0.15, 0.2) is 47.4 Å². The lowest BCUT2D eigenvalue weighted by molar-refractivity contribution is -0.123. The molecule has 8 heteroatoms. The van der Waals surface area contributed by atoms with Crippen LogP contribution in [-0.2, 0) is 21.2 Å². The number of anilines is 1. The molecule has 1 aliphatic rings. The van der Waals surface area contributed by atoms with Gasteiger partial charge in [-0.05, 0) is 49.1 Å². The van der Waals surface area contributed by atoms with Gasteiger partial charge in [0.15, 0.2) is 6.61 Å². The minimum Gasteiger partial charge on any atom is -0.482 e. The lowest BCUT2D eigenvalue weighted by Gasteiger charge is -2.30. The van der Waals surface area contributed by atoms with Crippen molar-refractivity contribution in [2.75, 3.05) is 24.0 Å². The van der Waals surface area contributed by atoms with Crippen molar-refractivity contribution in [2.24, 2.45) is 0 Å². The zero-order chi connectivity index (χ0) is 21.6. The van der Waals surface area contributed by atoms with E-state index in [2.05, 4.69) is 12.2 Å². The monoisotopic (exact) mass is 450 g/mol. The van der Waals surface area contributed by atoms with Crippen LogP contribution >= 0.6 is 11.6 Å². The van der Waals surface area contributed by atoms with Crippen molar-refractivity contribution in [1.29, 1.82) is 0 Å². The number of rotatable bonds is 9. The summed E-state index contributed by atoms with van der Waals surface area (Å²) in [6, 6.07) is 11.9. The fraction of sp³-hybridized carbons (Fsp3) is 0.409. The second-order valence-corrected chi connectivity index (χ2v) is 9.52. The second kappa shape index (κ2) is 10.2. The van der Waals surface area contributed by atoms with Crippen molar-refractivity contribution in [3.63, 3.8) is 0 Å².